The van der Waals surface area contributed by atoms with E-state index < -0.39 is 12.0 Å². The van der Waals surface area contributed by atoms with Crippen LogP contribution in [0.2, 0.25) is 0 Å². The summed E-state index contributed by atoms with van der Waals surface area (Å²) in [6.45, 7) is 2.46. The van der Waals surface area contributed by atoms with Crippen LogP contribution in [0.15, 0.2) is 12.4 Å². The highest BCUT2D eigenvalue weighted by atomic mass is 16.4. The third kappa shape index (κ3) is 2.55. The van der Waals surface area contributed by atoms with Crippen molar-refractivity contribution in [2.24, 2.45) is 5.73 Å². The first-order valence-corrected chi connectivity index (χ1v) is 4.07. The Morgan fingerprint density at radius 1 is 1.85 bits per heavy atom. The Morgan fingerprint density at radius 3 is 3.00 bits per heavy atom. The normalized spacial score (nSPS) is 12.8. The predicted octanol–water partition coefficient (Wildman–Crippen LogP) is -0.00648. The van der Waals surface area contributed by atoms with Crippen LogP contribution >= 0.6 is 0 Å². The fraction of sp³-hybridized carbons (Fsp3) is 0.500. The molecule has 0 aliphatic heterocycles. The largest absolute Gasteiger partial charge is 0.480 e. The van der Waals surface area contributed by atoms with Crippen LogP contribution in [0.1, 0.15) is 12.2 Å². The van der Waals surface area contributed by atoms with Crippen LogP contribution < -0.4 is 5.73 Å². The second-order valence-electron chi connectivity index (χ2n) is 2.90. The molecule has 0 unspecified atom stereocenters. The monoisotopic (exact) mass is 183 g/mol. The number of hydrogen-bond acceptors (Lipinski definition) is 3. The molecule has 0 fully saturated rings. The van der Waals surface area contributed by atoms with Gasteiger partial charge in [0.1, 0.15) is 11.9 Å². The summed E-state index contributed by atoms with van der Waals surface area (Å²) in [4.78, 5) is 14.4. The van der Waals surface area contributed by atoms with Crippen molar-refractivity contribution in [1.82, 2.24) is 9.55 Å². The highest BCUT2D eigenvalue weighted by Gasteiger charge is 2.10. The molecule has 1 heterocycles. The molecule has 3 N–H and O–H groups in total. The van der Waals surface area contributed by atoms with Crippen LogP contribution in [0.3, 0.4) is 0 Å². The lowest BCUT2D eigenvalue weighted by Gasteiger charge is -2.07. The third-order valence-electron chi connectivity index (χ3n) is 1.92. The Bertz CT molecular complexity index is 295. The van der Waals surface area contributed by atoms with Crippen molar-refractivity contribution in [2.75, 3.05) is 0 Å². The van der Waals surface area contributed by atoms with Crippen LogP contribution in [-0.2, 0) is 11.3 Å². The Kier molecular flexibility index (Phi) is 3.02. The van der Waals surface area contributed by atoms with Crippen LogP contribution in [0.25, 0.3) is 0 Å². The van der Waals surface area contributed by atoms with Crippen LogP contribution in [-0.4, -0.2) is 26.7 Å². The molecule has 1 atom stereocenters. The van der Waals surface area contributed by atoms with E-state index in [0.29, 0.717) is 13.0 Å². The van der Waals surface area contributed by atoms with Crippen molar-refractivity contribution in [3.05, 3.63) is 18.2 Å². The van der Waals surface area contributed by atoms with E-state index >= 15 is 0 Å². The highest BCUT2D eigenvalue weighted by Crippen LogP contribution is 1.99. The molecule has 0 radical (unpaired) electrons. The van der Waals surface area contributed by atoms with E-state index in [1.807, 2.05) is 17.7 Å². The second-order valence-corrected chi connectivity index (χ2v) is 2.90. The number of nitrogens with two attached hydrogens (primary N) is 1. The fourth-order valence-electron chi connectivity index (χ4n) is 1.04. The van der Waals surface area contributed by atoms with Crippen molar-refractivity contribution < 1.29 is 9.90 Å². The van der Waals surface area contributed by atoms with Gasteiger partial charge in [0.15, 0.2) is 0 Å². The predicted molar refractivity (Wildman–Crippen MR) is 47.2 cm³/mol. The SMILES string of the molecule is Cc1nccn1CC[C@@H](N)C(=O)O. The molecule has 0 aliphatic carbocycles. The molecule has 5 heteroatoms. The van der Waals surface area contributed by atoms with Gasteiger partial charge in [-0.3, -0.25) is 4.79 Å². The van der Waals surface area contributed by atoms with Gasteiger partial charge in [0.2, 0.25) is 0 Å². The average molecular weight is 183 g/mol. The van der Waals surface area contributed by atoms with Gasteiger partial charge in [0.05, 0.1) is 0 Å². The summed E-state index contributed by atoms with van der Waals surface area (Å²) in [6, 6.07) is -0.790. The highest BCUT2D eigenvalue weighted by molar-refractivity contribution is 5.72. The summed E-state index contributed by atoms with van der Waals surface area (Å²) >= 11 is 0. The fourth-order valence-corrected chi connectivity index (χ4v) is 1.04. The zero-order valence-corrected chi connectivity index (χ0v) is 7.47. The molecule has 0 saturated carbocycles. The van der Waals surface area contributed by atoms with Gasteiger partial charge in [0.25, 0.3) is 0 Å². The number of carboxylic acid groups (broad SMARTS) is 1. The number of rotatable bonds is 4. The zero-order chi connectivity index (χ0) is 9.84. The van der Waals surface area contributed by atoms with Gasteiger partial charge in [-0.25, -0.2) is 4.98 Å². The van der Waals surface area contributed by atoms with E-state index in [9.17, 15) is 4.79 Å². The summed E-state index contributed by atoms with van der Waals surface area (Å²) in [5.74, 6) is -0.0876. The number of carbonyl (C=O) groups is 1. The van der Waals surface area contributed by atoms with Crippen molar-refractivity contribution in [3.8, 4) is 0 Å². The first kappa shape index (κ1) is 9.73. The van der Waals surface area contributed by atoms with Crippen molar-refractivity contribution in [3.63, 3.8) is 0 Å². The average Bonchev–Trinajstić information content (AvgIpc) is 2.47. The second kappa shape index (κ2) is 4.04. The summed E-state index contributed by atoms with van der Waals surface area (Å²) in [5, 5.41) is 8.53. The van der Waals surface area contributed by atoms with Gasteiger partial charge < -0.3 is 15.4 Å². The minimum Gasteiger partial charge on any atom is -0.480 e. The number of aliphatic carboxylic acids is 1. The van der Waals surface area contributed by atoms with E-state index in [1.54, 1.807) is 6.20 Å². The number of aryl methyl sites for hydroxylation is 2. The van der Waals surface area contributed by atoms with Gasteiger partial charge in [-0.1, -0.05) is 0 Å². The summed E-state index contributed by atoms with van der Waals surface area (Å²) in [6.07, 6.45) is 3.91. The molecule has 5 nitrogen and oxygen atoms in total. The maximum atomic E-state index is 10.4. The van der Waals surface area contributed by atoms with E-state index in [-0.39, 0.29) is 0 Å². The topological polar surface area (TPSA) is 81.1 Å². The maximum Gasteiger partial charge on any atom is 0.320 e. The van der Waals surface area contributed by atoms with Gasteiger partial charge in [-0.15, -0.1) is 0 Å². The van der Waals surface area contributed by atoms with Gasteiger partial charge in [0, 0.05) is 18.9 Å². The molecule has 0 aromatic carbocycles. The number of hydrogen-bond donors (Lipinski definition) is 2. The van der Waals surface area contributed by atoms with E-state index in [0.717, 1.165) is 5.82 Å². The summed E-state index contributed by atoms with van der Waals surface area (Å²) in [7, 11) is 0. The van der Waals surface area contributed by atoms with E-state index in [1.165, 1.54) is 0 Å². The first-order valence-electron chi connectivity index (χ1n) is 4.07. The summed E-state index contributed by atoms with van der Waals surface area (Å²) in [5.41, 5.74) is 5.35. The molecule has 0 aliphatic rings. The number of carboxylic acids is 1. The smallest absolute Gasteiger partial charge is 0.320 e. The lowest BCUT2D eigenvalue weighted by Crippen LogP contribution is -2.31. The number of imidazole rings is 1. The summed E-state index contributed by atoms with van der Waals surface area (Å²) < 4.78 is 1.88. The van der Waals surface area contributed by atoms with E-state index in [4.69, 9.17) is 10.8 Å². The van der Waals surface area contributed by atoms with E-state index in [2.05, 4.69) is 4.98 Å². The van der Waals surface area contributed by atoms with Crippen LogP contribution in [0.5, 0.6) is 0 Å². The van der Waals surface area contributed by atoms with Crippen molar-refractivity contribution in [2.45, 2.75) is 25.9 Å². The van der Waals surface area contributed by atoms with Crippen molar-refractivity contribution >= 4 is 5.97 Å². The molecule has 1 aromatic heterocycles. The van der Waals surface area contributed by atoms with Gasteiger partial charge in [-0.2, -0.15) is 0 Å². The van der Waals surface area contributed by atoms with Gasteiger partial charge in [-0.05, 0) is 13.3 Å². The maximum absolute atomic E-state index is 10.4. The molecule has 0 saturated heterocycles. The molecule has 0 bridgehead atoms. The molecular weight excluding hydrogens is 170 g/mol. The quantitative estimate of drug-likeness (QED) is 0.688. The van der Waals surface area contributed by atoms with Crippen LogP contribution in [0, 0.1) is 6.92 Å². The van der Waals surface area contributed by atoms with Crippen LogP contribution in [0.4, 0.5) is 0 Å². The minimum absolute atomic E-state index is 0.423. The molecule has 1 rings (SSSR count). The molecule has 72 valence electrons. The molecule has 0 spiro atoms. The molecule has 1 aromatic rings. The Balaban J connectivity index is 2.44. The molecule has 0 amide bonds. The Hall–Kier alpha value is -1.36. The lowest BCUT2D eigenvalue weighted by atomic mass is 10.2. The Morgan fingerprint density at radius 2 is 2.54 bits per heavy atom. The Labute approximate surface area is 76.2 Å². The van der Waals surface area contributed by atoms with Crippen molar-refractivity contribution in [1.29, 1.82) is 0 Å². The minimum atomic E-state index is -0.960. The number of nitrogens with zero attached hydrogens (tertiary/aromatic N) is 2. The molecule has 13 heavy (non-hydrogen) atoms. The number of aromatic nitrogens is 2. The zero-order valence-electron chi connectivity index (χ0n) is 7.47. The first-order chi connectivity index (χ1) is 6.11. The van der Waals surface area contributed by atoms with Gasteiger partial charge >= 0.3 is 5.97 Å². The standard InChI is InChI=1S/C8H13N3O2/c1-6-10-3-5-11(6)4-2-7(9)8(12)13/h3,5,7H,2,4,9H2,1H3,(H,12,13)/t7-/m1/s1. The molecular formula is C8H13N3O2. The third-order valence-corrected chi connectivity index (χ3v) is 1.92. The lowest BCUT2D eigenvalue weighted by molar-refractivity contribution is -0.138.